The molecule has 1 aromatic heterocycles. The summed E-state index contributed by atoms with van der Waals surface area (Å²) >= 11 is 0. The van der Waals surface area contributed by atoms with Gasteiger partial charge in [-0.2, -0.15) is 13.2 Å². The Morgan fingerprint density at radius 3 is 2.95 bits per heavy atom. The molecular weight excluding hydrogens is 281 g/mol. The minimum atomic E-state index is -4.47. The van der Waals surface area contributed by atoms with Gasteiger partial charge in [0.15, 0.2) is 0 Å². The number of carbonyl (C=O) groups is 1. The van der Waals surface area contributed by atoms with Gasteiger partial charge in [-0.25, -0.2) is 0 Å². The van der Waals surface area contributed by atoms with Crippen LogP contribution in [0.15, 0.2) is 4.42 Å². The summed E-state index contributed by atoms with van der Waals surface area (Å²) in [5.41, 5.74) is 0. The van der Waals surface area contributed by atoms with Crippen molar-refractivity contribution in [3.63, 3.8) is 0 Å². The van der Waals surface area contributed by atoms with Gasteiger partial charge < -0.3 is 14.5 Å². The molecule has 2 heterocycles. The van der Waals surface area contributed by atoms with Crippen LogP contribution in [-0.4, -0.2) is 42.0 Å². The van der Waals surface area contributed by atoms with Crippen molar-refractivity contribution in [3.05, 3.63) is 5.89 Å². The molecule has 7 nitrogen and oxygen atoms in total. The van der Waals surface area contributed by atoms with E-state index in [1.165, 1.54) is 0 Å². The second-order valence-corrected chi connectivity index (χ2v) is 4.25. The van der Waals surface area contributed by atoms with Crippen LogP contribution >= 0.6 is 0 Å². The molecule has 1 unspecified atom stereocenters. The normalized spacial score (nSPS) is 19.2. The molecule has 1 atom stereocenters. The highest BCUT2D eigenvalue weighted by Crippen LogP contribution is 2.22. The number of nitrogens with one attached hydrogen (secondary N) is 2. The zero-order valence-electron chi connectivity index (χ0n) is 10.4. The predicted molar refractivity (Wildman–Crippen MR) is 59.8 cm³/mol. The van der Waals surface area contributed by atoms with Gasteiger partial charge in [-0.1, -0.05) is 5.10 Å². The SMILES string of the molecule is O=C(COCC(F)(F)F)Nc1nnc(C2CCCN2)o1. The molecule has 2 N–H and O–H groups in total. The second-order valence-electron chi connectivity index (χ2n) is 4.25. The van der Waals surface area contributed by atoms with Gasteiger partial charge in [0, 0.05) is 0 Å². The van der Waals surface area contributed by atoms with E-state index >= 15 is 0 Å². The predicted octanol–water partition coefficient (Wildman–Crippen LogP) is 1.01. The number of anilines is 1. The third-order valence-electron chi connectivity index (χ3n) is 2.54. The maximum atomic E-state index is 11.8. The molecule has 0 spiro atoms. The van der Waals surface area contributed by atoms with Crippen molar-refractivity contribution in [2.75, 3.05) is 25.1 Å². The largest absolute Gasteiger partial charge is 0.411 e. The van der Waals surface area contributed by atoms with E-state index in [4.69, 9.17) is 4.42 Å². The Bertz CT molecular complexity index is 457. The molecule has 2 rings (SSSR count). The minimum absolute atomic E-state index is 0.0466. The Morgan fingerprint density at radius 2 is 2.30 bits per heavy atom. The molecule has 0 aliphatic carbocycles. The average molecular weight is 294 g/mol. The Morgan fingerprint density at radius 1 is 1.50 bits per heavy atom. The summed E-state index contributed by atoms with van der Waals surface area (Å²) < 4.78 is 44.8. The lowest BCUT2D eigenvalue weighted by molar-refractivity contribution is -0.174. The van der Waals surface area contributed by atoms with Crippen molar-refractivity contribution < 1.29 is 27.1 Å². The van der Waals surface area contributed by atoms with Crippen LogP contribution in [-0.2, 0) is 9.53 Å². The summed E-state index contributed by atoms with van der Waals surface area (Å²) in [5.74, 6) is -0.446. The van der Waals surface area contributed by atoms with Gasteiger partial charge >= 0.3 is 12.2 Å². The zero-order chi connectivity index (χ0) is 14.6. The number of alkyl halides is 3. The maximum Gasteiger partial charge on any atom is 0.411 e. The van der Waals surface area contributed by atoms with E-state index in [0.717, 1.165) is 19.4 Å². The molecule has 1 aliphatic heterocycles. The standard InChI is InChI=1S/C10H13F3N4O3/c11-10(12,13)5-19-4-7(18)15-9-17-16-8(20-9)6-2-1-3-14-6/h6,14H,1-5H2,(H,15,17,18). The summed E-state index contributed by atoms with van der Waals surface area (Å²) in [5, 5.41) is 12.7. The van der Waals surface area contributed by atoms with Crippen LogP contribution in [0.1, 0.15) is 24.8 Å². The Balaban J connectivity index is 1.76. The Hall–Kier alpha value is -1.68. The van der Waals surface area contributed by atoms with E-state index in [-0.39, 0.29) is 12.1 Å². The van der Waals surface area contributed by atoms with Crippen LogP contribution in [0, 0.1) is 0 Å². The van der Waals surface area contributed by atoms with Crippen LogP contribution in [0.3, 0.4) is 0 Å². The van der Waals surface area contributed by atoms with Crippen LogP contribution in [0.25, 0.3) is 0 Å². The van der Waals surface area contributed by atoms with E-state index < -0.39 is 25.3 Å². The first kappa shape index (κ1) is 14.7. The Labute approximate surface area is 111 Å². The van der Waals surface area contributed by atoms with Crippen molar-refractivity contribution in [2.45, 2.75) is 25.1 Å². The molecule has 1 aliphatic rings. The van der Waals surface area contributed by atoms with Gasteiger partial charge in [-0.3, -0.25) is 10.1 Å². The highest BCUT2D eigenvalue weighted by atomic mass is 19.4. The molecule has 1 fully saturated rings. The number of rotatable bonds is 5. The number of nitrogens with zero attached hydrogens (tertiary/aromatic N) is 2. The fourth-order valence-electron chi connectivity index (χ4n) is 1.74. The minimum Gasteiger partial charge on any atom is -0.406 e. The van der Waals surface area contributed by atoms with Crippen LogP contribution in [0.2, 0.25) is 0 Å². The molecule has 0 saturated carbocycles. The summed E-state index contributed by atoms with van der Waals surface area (Å²) in [7, 11) is 0. The molecule has 0 radical (unpaired) electrons. The number of aromatic nitrogens is 2. The lowest BCUT2D eigenvalue weighted by Gasteiger charge is -2.06. The number of hydrogen-bond acceptors (Lipinski definition) is 6. The van der Waals surface area contributed by atoms with Gasteiger partial charge in [0.05, 0.1) is 6.04 Å². The fourth-order valence-corrected chi connectivity index (χ4v) is 1.74. The van der Waals surface area contributed by atoms with Crippen molar-refractivity contribution in [3.8, 4) is 0 Å². The van der Waals surface area contributed by atoms with Crippen molar-refractivity contribution in [1.82, 2.24) is 15.5 Å². The number of hydrogen-bond donors (Lipinski definition) is 2. The molecule has 10 heteroatoms. The topological polar surface area (TPSA) is 89.3 Å². The summed E-state index contributed by atoms with van der Waals surface area (Å²) in [6, 6.07) is -0.205. The van der Waals surface area contributed by atoms with Crippen LogP contribution in [0.4, 0.5) is 19.2 Å². The first-order chi connectivity index (χ1) is 9.44. The third-order valence-corrected chi connectivity index (χ3v) is 2.54. The first-order valence-electron chi connectivity index (χ1n) is 5.95. The molecule has 1 saturated heterocycles. The first-order valence-corrected chi connectivity index (χ1v) is 5.95. The highest BCUT2D eigenvalue weighted by molar-refractivity contribution is 5.89. The van der Waals surface area contributed by atoms with E-state index in [9.17, 15) is 18.0 Å². The quantitative estimate of drug-likeness (QED) is 0.842. The van der Waals surface area contributed by atoms with Crippen molar-refractivity contribution in [1.29, 1.82) is 0 Å². The number of halogens is 3. The molecule has 112 valence electrons. The number of amides is 1. The van der Waals surface area contributed by atoms with Crippen molar-refractivity contribution >= 4 is 11.9 Å². The van der Waals surface area contributed by atoms with E-state index in [1.54, 1.807) is 0 Å². The maximum absolute atomic E-state index is 11.8. The lowest BCUT2D eigenvalue weighted by Crippen LogP contribution is -2.24. The van der Waals surface area contributed by atoms with E-state index in [1.807, 2.05) is 0 Å². The molecule has 0 aromatic carbocycles. The third kappa shape index (κ3) is 4.46. The molecule has 1 aromatic rings. The summed E-state index contributed by atoms with van der Waals surface area (Å²) in [6.07, 6.45) is -2.63. The Kier molecular flexibility index (Phi) is 4.55. The van der Waals surface area contributed by atoms with Gasteiger partial charge in [0.2, 0.25) is 5.89 Å². The number of ether oxygens (including phenoxy) is 1. The van der Waals surface area contributed by atoms with Gasteiger partial charge in [-0.15, -0.1) is 5.10 Å². The molecule has 1 amide bonds. The smallest absolute Gasteiger partial charge is 0.406 e. The summed E-state index contributed by atoms with van der Waals surface area (Å²) in [4.78, 5) is 11.3. The van der Waals surface area contributed by atoms with E-state index in [2.05, 4.69) is 25.6 Å². The molecular formula is C10H13F3N4O3. The monoisotopic (exact) mass is 294 g/mol. The van der Waals surface area contributed by atoms with Crippen LogP contribution < -0.4 is 10.6 Å². The summed E-state index contributed by atoms with van der Waals surface area (Å²) in [6.45, 7) is -1.37. The fraction of sp³-hybridized carbons (Fsp3) is 0.700. The van der Waals surface area contributed by atoms with Crippen LogP contribution in [0.5, 0.6) is 0 Å². The highest BCUT2D eigenvalue weighted by Gasteiger charge is 2.28. The molecule has 20 heavy (non-hydrogen) atoms. The van der Waals surface area contributed by atoms with Gasteiger partial charge in [0.1, 0.15) is 13.2 Å². The lowest BCUT2D eigenvalue weighted by atomic mass is 10.2. The van der Waals surface area contributed by atoms with Gasteiger partial charge in [0.25, 0.3) is 5.91 Å². The second kappa shape index (κ2) is 6.18. The number of carbonyl (C=O) groups excluding carboxylic acids is 1. The van der Waals surface area contributed by atoms with Crippen molar-refractivity contribution in [2.24, 2.45) is 0 Å². The zero-order valence-corrected chi connectivity index (χ0v) is 10.4. The van der Waals surface area contributed by atoms with E-state index in [0.29, 0.717) is 5.89 Å². The average Bonchev–Trinajstić information content (AvgIpc) is 2.96. The van der Waals surface area contributed by atoms with Gasteiger partial charge in [-0.05, 0) is 19.4 Å². The molecule has 0 bridgehead atoms.